The first kappa shape index (κ1) is 15.8. The van der Waals surface area contributed by atoms with E-state index < -0.39 is 0 Å². The Bertz CT molecular complexity index is 425. The maximum atomic E-state index is 6.07. The Morgan fingerprint density at radius 2 is 2.00 bits per heavy atom. The summed E-state index contributed by atoms with van der Waals surface area (Å²) in [6.07, 6.45) is 2.47. The third-order valence-electron chi connectivity index (χ3n) is 4.27. The molecule has 112 valence electrons. The maximum Gasteiger partial charge on any atom is 0.0408 e. The summed E-state index contributed by atoms with van der Waals surface area (Å²) in [5.41, 5.74) is 1.39. The fraction of sp³-hybridized carbons (Fsp3) is 0.647. The van der Waals surface area contributed by atoms with Crippen molar-refractivity contribution in [1.29, 1.82) is 0 Å². The van der Waals surface area contributed by atoms with Gasteiger partial charge in [-0.1, -0.05) is 37.6 Å². The van der Waals surface area contributed by atoms with Crippen molar-refractivity contribution in [2.45, 2.75) is 44.7 Å². The Morgan fingerprint density at radius 1 is 1.30 bits per heavy atom. The van der Waals surface area contributed by atoms with E-state index in [2.05, 4.69) is 56.4 Å². The van der Waals surface area contributed by atoms with Gasteiger partial charge in [0.05, 0.1) is 0 Å². The number of hydrogen-bond acceptors (Lipinski definition) is 2. The summed E-state index contributed by atoms with van der Waals surface area (Å²) in [5.74, 6) is 1.35. The number of benzene rings is 1. The third kappa shape index (κ3) is 4.21. The van der Waals surface area contributed by atoms with E-state index in [1.165, 1.54) is 18.4 Å². The molecule has 2 nitrogen and oxygen atoms in total. The molecule has 0 aliphatic heterocycles. The van der Waals surface area contributed by atoms with Gasteiger partial charge in [-0.15, -0.1) is 0 Å². The van der Waals surface area contributed by atoms with Crippen LogP contribution in [0.15, 0.2) is 24.3 Å². The van der Waals surface area contributed by atoms with Gasteiger partial charge in [0, 0.05) is 23.7 Å². The van der Waals surface area contributed by atoms with Crippen molar-refractivity contribution < 1.29 is 0 Å². The fourth-order valence-corrected chi connectivity index (χ4v) is 3.14. The van der Waals surface area contributed by atoms with E-state index in [0.717, 1.165) is 11.6 Å². The van der Waals surface area contributed by atoms with Crippen LogP contribution in [-0.2, 0) is 0 Å². The molecule has 1 aromatic rings. The second-order valence-electron chi connectivity index (χ2n) is 6.70. The lowest BCUT2D eigenvalue weighted by Crippen LogP contribution is -2.51. The summed E-state index contributed by atoms with van der Waals surface area (Å²) >= 11 is 6.07. The molecule has 0 saturated heterocycles. The highest BCUT2D eigenvalue weighted by Crippen LogP contribution is 2.38. The number of nitrogens with one attached hydrogen (secondary N) is 1. The SMILES string of the molecule is CC(C)C(CN(C)C)NC1CC(c2cccc(Cl)c2)C1. The van der Waals surface area contributed by atoms with Gasteiger partial charge in [0.1, 0.15) is 0 Å². The highest BCUT2D eigenvalue weighted by molar-refractivity contribution is 6.30. The van der Waals surface area contributed by atoms with E-state index in [1.54, 1.807) is 0 Å². The summed E-state index contributed by atoms with van der Waals surface area (Å²) in [6.45, 7) is 5.71. The van der Waals surface area contributed by atoms with E-state index in [0.29, 0.717) is 23.9 Å². The van der Waals surface area contributed by atoms with Gasteiger partial charge in [-0.05, 0) is 56.5 Å². The molecule has 3 heteroatoms. The summed E-state index contributed by atoms with van der Waals surface area (Å²) in [5, 5.41) is 4.68. The Morgan fingerprint density at radius 3 is 2.55 bits per heavy atom. The van der Waals surface area contributed by atoms with Crippen molar-refractivity contribution in [2.24, 2.45) is 5.92 Å². The molecular formula is C17H27ClN2. The predicted molar refractivity (Wildman–Crippen MR) is 87.5 cm³/mol. The molecule has 0 radical (unpaired) electrons. The molecule has 1 N–H and O–H groups in total. The first-order valence-corrected chi connectivity index (χ1v) is 7.99. The number of likely N-dealkylation sites (N-methyl/N-ethyl adjacent to an activating group) is 1. The Kier molecular flexibility index (Phi) is 5.48. The van der Waals surface area contributed by atoms with Crippen LogP contribution < -0.4 is 5.32 Å². The van der Waals surface area contributed by atoms with Crippen LogP contribution in [0.5, 0.6) is 0 Å². The van der Waals surface area contributed by atoms with Crippen molar-refractivity contribution in [1.82, 2.24) is 10.2 Å². The lowest BCUT2D eigenvalue weighted by molar-refractivity contribution is 0.210. The molecule has 1 aliphatic carbocycles. The van der Waals surface area contributed by atoms with Crippen molar-refractivity contribution in [3.63, 3.8) is 0 Å². The van der Waals surface area contributed by atoms with E-state index in [-0.39, 0.29) is 0 Å². The van der Waals surface area contributed by atoms with Crippen molar-refractivity contribution >= 4 is 11.6 Å². The highest BCUT2D eigenvalue weighted by Gasteiger charge is 2.32. The van der Waals surface area contributed by atoms with Gasteiger partial charge in [-0.2, -0.15) is 0 Å². The largest absolute Gasteiger partial charge is 0.310 e. The number of nitrogens with zero attached hydrogens (tertiary/aromatic N) is 1. The molecule has 1 unspecified atom stereocenters. The van der Waals surface area contributed by atoms with Crippen molar-refractivity contribution in [3.8, 4) is 0 Å². The van der Waals surface area contributed by atoms with Crippen molar-refractivity contribution in [3.05, 3.63) is 34.9 Å². The van der Waals surface area contributed by atoms with E-state index in [1.807, 2.05) is 6.07 Å². The first-order chi connectivity index (χ1) is 9.45. The minimum Gasteiger partial charge on any atom is -0.310 e. The van der Waals surface area contributed by atoms with Crippen LogP contribution in [0.4, 0.5) is 0 Å². The third-order valence-corrected chi connectivity index (χ3v) is 4.51. The second-order valence-corrected chi connectivity index (χ2v) is 7.14. The second kappa shape index (κ2) is 6.93. The van der Waals surface area contributed by atoms with Crippen LogP contribution in [0.1, 0.15) is 38.2 Å². The molecule has 0 spiro atoms. The Labute approximate surface area is 128 Å². The molecule has 0 amide bonds. The van der Waals surface area contributed by atoms with Gasteiger partial charge in [0.15, 0.2) is 0 Å². The molecule has 1 fully saturated rings. The van der Waals surface area contributed by atoms with Gasteiger partial charge in [-0.3, -0.25) is 0 Å². The quantitative estimate of drug-likeness (QED) is 0.859. The summed E-state index contributed by atoms with van der Waals surface area (Å²) < 4.78 is 0. The van der Waals surface area contributed by atoms with Gasteiger partial charge in [0.2, 0.25) is 0 Å². The van der Waals surface area contributed by atoms with Crippen LogP contribution in [0.25, 0.3) is 0 Å². The molecule has 0 bridgehead atoms. The van der Waals surface area contributed by atoms with Gasteiger partial charge in [0.25, 0.3) is 0 Å². The lowest BCUT2D eigenvalue weighted by atomic mass is 9.75. The summed E-state index contributed by atoms with van der Waals surface area (Å²) in [4.78, 5) is 2.27. The maximum absolute atomic E-state index is 6.07. The van der Waals surface area contributed by atoms with Gasteiger partial charge in [-0.25, -0.2) is 0 Å². The molecule has 0 aromatic heterocycles. The molecule has 2 rings (SSSR count). The summed E-state index contributed by atoms with van der Waals surface area (Å²) in [6, 6.07) is 9.56. The minimum absolute atomic E-state index is 0.579. The molecule has 1 saturated carbocycles. The molecule has 1 aliphatic rings. The Hall–Kier alpha value is -0.570. The molecule has 20 heavy (non-hydrogen) atoms. The Balaban J connectivity index is 1.83. The van der Waals surface area contributed by atoms with Gasteiger partial charge >= 0.3 is 0 Å². The topological polar surface area (TPSA) is 15.3 Å². The lowest BCUT2D eigenvalue weighted by Gasteiger charge is -2.40. The molecule has 1 aromatic carbocycles. The standard InChI is InChI=1S/C17H27ClN2/c1-12(2)17(11-20(3)4)19-16-9-14(10-16)13-6-5-7-15(18)8-13/h5-8,12,14,16-17,19H,9-11H2,1-4H3. The number of rotatable bonds is 6. The molecule has 1 atom stereocenters. The van der Waals surface area contributed by atoms with Gasteiger partial charge < -0.3 is 10.2 Å². The van der Waals surface area contributed by atoms with E-state index in [9.17, 15) is 0 Å². The zero-order valence-electron chi connectivity index (χ0n) is 13.1. The summed E-state index contributed by atoms with van der Waals surface area (Å²) in [7, 11) is 4.29. The molecule has 0 heterocycles. The predicted octanol–water partition coefficient (Wildman–Crippen LogP) is 3.76. The van der Waals surface area contributed by atoms with E-state index in [4.69, 9.17) is 11.6 Å². The smallest absolute Gasteiger partial charge is 0.0408 e. The number of halogens is 1. The minimum atomic E-state index is 0.579. The zero-order chi connectivity index (χ0) is 14.7. The van der Waals surface area contributed by atoms with Crippen LogP contribution in [0.3, 0.4) is 0 Å². The monoisotopic (exact) mass is 294 g/mol. The first-order valence-electron chi connectivity index (χ1n) is 7.62. The van der Waals surface area contributed by atoms with Crippen molar-refractivity contribution in [2.75, 3.05) is 20.6 Å². The fourth-order valence-electron chi connectivity index (χ4n) is 2.94. The molecular weight excluding hydrogens is 268 g/mol. The number of hydrogen-bond donors (Lipinski definition) is 1. The zero-order valence-corrected chi connectivity index (χ0v) is 13.8. The average Bonchev–Trinajstić information content (AvgIpc) is 2.30. The average molecular weight is 295 g/mol. The van der Waals surface area contributed by atoms with Crippen LogP contribution in [0.2, 0.25) is 5.02 Å². The van der Waals surface area contributed by atoms with Crippen LogP contribution in [0, 0.1) is 5.92 Å². The normalized spacial score (nSPS) is 23.9. The van der Waals surface area contributed by atoms with Crippen LogP contribution in [-0.4, -0.2) is 37.6 Å². The van der Waals surface area contributed by atoms with E-state index >= 15 is 0 Å². The van der Waals surface area contributed by atoms with Crippen LogP contribution >= 0.6 is 11.6 Å². The highest BCUT2D eigenvalue weighted by atomic mass is 35.5.